The van der Waals surface area contributed by atoms with Gasteiger partial charge in [-0.15, -0.1) is 0 Å². The third-order valence-electron chi connectivity index (χ3n) is 1.04. The molecule has 8 heteroatoms. The Hall–Kier alpha value is 0.730. The molecule has 0 aromatic heterocycles. The normalized spacial score (nSPS) is 8.36. The van der Waals surface area contributed by atoms with Gasteiger partial charge in [0.15, 0.2) is 0 Å². The summed E-state index contributed by atoms with van der Waals surface area (Å²) in [5.74, 6) is 0. The summed E-state index contributed by atoms with van der Waals surface area (Å²) >= 11 is 0. The molecule has 0 spiro atoms. The van der Waals surface area contributed by atoms with Crippen LogP contribution in [0.25, 0.3) is 11.1 Å². The van der Waals surface area contributed by atoms with E-state index in [4.69, 9.17) is 15.6 Å². The molecule has 5 nitrogen and oxygen atoms in total. The summed E-state index contributed by atoms with van der Waals surface area (Å²) in [6.45, 7) is 0. The summed E-state index contributed by atoms with van der Waals surface area (Å²) in [5, 5.41) is 0. The molecule has 0 saturated heterocycles. The van der Waals surface area contributed by atoms with E-state index in [1.54, 1.807) is 18.2 Å². The van der Waals surface area contributed by atoms with Gasteiger partial charge in [0.05, 0.1) is 4.90 Å². The van der Waals surface area contributed by atoms with Crippen molar-refractivity contribution in [2.75, 3.05) is 0 Å². The van der Waals surface area contributed by atoms with Crippen LogP contribution >= 0.6 is 0 Å². The zero-order valence-corrected chi connectivity index (χ0v) is 12.8. The van der Waals surface area contributed by atoms with Crippen molar-refractivity contribution in [1.29, 1.82) is 0 Å². The zero-order chi connectivity index (χ0) is 9.61. The fraction of sp³-hybridized carbons (Fsp3) is 0. The minimum Gasteiger partial charge on any atom is -1.00 e. The Bertz CT molecular complexity index is 330. The van der Waals surface area contributed by atoms with Gasteiger partial charge in [0.25, 0.3) is 10.1 Å². The fourth-order valence-electron chi connectivity index (χ4n) is 0.592. The van der Waals surface area contributed by atoms with Gasteiger partial charge in [0.2, 0.25) is 0 Å². The maximum Gasteiger partial charge on any atom is 1.00 e. The fourth-order valence-corrected chi connectivity index (χ4v) is 1.09. The molecule has 1 rings (SSSR count). The van der Waals surface area contributed by atoms with Crippen LogP contribution in [0.15, 0.2) is 35.2 Å². The third kappa shape index (κ3) is 8.07. The van der Waals surface area contributed by atoms with Crippen LogP contribution in [0.1, 0.15) is 0 Å². The van der Waals surface area contributed by atoms with Crippen molar-refractivity contribution in [1.82, 2.24) is 0 Å². The Morgan fingerprint density at radius 1 is 1.00 bits per heavy atom. The van der Waals surface area contributed by atoms with E-state index in [9.17, 15) is 8.42 Å². The molecule has 66 valence electrons. The first-order valence-electron chi connectivity index (χ1n) is 2.83. The van der Waals surface area contributed by atoms with E-state index in [0.29, 0.717) is 0 Å². The van der Waals surface area contributed by atoms with Crippen molar-refractivity contribution in [3.8, 4) is 0 Å². The van der Waals surface area contributed by atoms with E-state index in [1.807, 2.05) is 0 Å². The van der Waals surface area contributed by atoms with E-state index in [2.05, 4.69) is 0 Å². The van der Waals surface area contributed by atoms with E-state index in [-0.39, 0.29) is 64.0 Å². The van der Waals surface area contributed by atoms with Crippen molar-refractivity contribution in [2.24, 2.45) is 0 Å². The molecule has 0 aliphatic heterocycles. The van der Waals surface area contributed by atoms with Gasteiger partial charge in [-0.05, 0) is 12.1 Å². The summed E-state index contributed by atoms with van der Waals surface area (Å²) in [6.07, 6.45) is 0. The molecule has 0 unspecified atom stereocenters. The molecule has 0 aliphatic carbocycles. The summed E-state index contributed by atoms with van der Waals surface area (Å²) in [7, 11) is -4.00. The van der Waals surface area contributed by atoms with Gasteiger partial charge in [-0.2, -0.15) is 8.42 Å². The number of nitrogens with zero attached hydrogens (tertiary/aromatic N) is 2. The van der Waals surface area contributed by atoms with Crippen molar-refractivity contribution in [3.05, 3.63) is 41.4 Å². The van der Waals surface area contributed by atoms with Gasteiger partial charge < -0.3 is 11.1 Å². The first-order chi connectivity index (χ1) is 5.61. The van der Waals surface area contributed by atoms with Crippen LogP contribution in [0.3, 0.4) is 0 Å². The molecule has 1 aromatic carbocycles. The van der Waals surface area contributed by atoms with Crippen molar-refractivity contribution >= 4 is 10.1 Å². The molecule has 1 aromatic rings. The molecule has 0 saturated carbocycles. The zero-order valence-electron chi connectivity index (χ0n) is 7.95. The second-order valence-electron chi connectivity index (χ2n) is 1.79. The van der Waals surface area contributed by atoms with Gasteiger partial charge in [-0.25, -0.2) is 0 Å². The van der Waals surface area contributed by atoms with Crippen molar-refractivity contribution < 1.29 is 72.1 Å². The predicted molar refractivity (Wildman–Crippen MR) is 43.0 cm³/mol. The van der Waals surface area contributed by atoms with Gasteiger partial charge in [0.1, 0.15) is 0 Å². The van der Waals surface area contributed by atoms with Crippen LogP contribution in [0.4, 0.5) is 0 Å². The number of hydrogen-bond donors (Lipinski definition) is 1. The van der Waals surface area contributed by atoms with Crippen LogP contribution in [0.5, 0.6) is 0 Å². The Morgan fingerprint density at radius 2 is 1.36 bits per heavy atom. The Morgan fingerprint density at radius 3 is 1.57 bits per heavy atom. The second kappa shape index (κ2) is 10.3. The van der Waals surface area contributed by atoms with Gasteiger partial charge >= 0.3 is 59.1 Å². The quantitative estimate of drug-likeness (QED) is 0.300. The van der Waals surface area contributed by atoms with Crippen molar-refractivity contribution in [3.63, 3.8) is 0 Å². The minimum absolute atomic E-state index is 0. The van der Waals surface area contributed by atoms with E-state index >= 15 is 0 Å². The molecule has 0 aliphatic rings. The molecule has 1 N–H and O–H groups in total. The Kier molecular flexibility index (Phi) is 14.8. The molecule has 0 heterocycles. The summed E-state index contributed by atoms with van der Waals surface area (Å²) in [5.41, 5.74) is 12.0. The van der Waals surface area contributed by atoms with Gasteiger partial charge in [-0.1, -0.05) is 18.2 Å². The van der Waals surface area contributed by atoms with Crippen LogP contribution < -0.4 is 59.1 Å². The third-order valence-corrected chi connectivity index (χ3v) is 1.91. The van der Waals surface area contributed by atoms with Crippen LogP contribution in [-0.4, -0.2) is 13.0 Å². The first-order valence-corrected chi connectivity index (χ1v) is 4.27. The monoisotopic (exact) mass is 232 g/mol. The first kappa shape index (κ1) is 20.2. The SMILES string of the molecule is O=S(=O)(O)c1ccccc1.[N-]=[N-].[Na+].[Na+]. The molecular formula is C6H6N2Na2O3S. The molecule has 0 bridgehead atoms. The van der Waals surface area contributed by atoms with Gasteiger partial charge in [-0.3, -0.25) is 4.55 Å². The summed E-state index contributed by atoms with van der Waals surface area (Å²) in [4.78, 5) is -0.0741. The smallest absolute Gasteiger partial charge is 1.00 e. The maximum absolute atomic E-state index is 10.4. The number of benzene rings is 1. The molecule has 0 atom stereocenters. The maximum atomic E-state index is 10.4. The van der Waals surface area contributed by atoms with Crippen LogP contribution in [-0.2, 0) is 10.1 Å². The molecule has 0 radical (unpaired) electrons. The molecule has 0 amide bonds. The second-order valence-corrected chi connectivity index (χ2v) is 3.21. The summed E-state index contributed by atoms with van der Waals surface area (Å²) in [6, 6.07) is 7.42. The Balaban J connectivity index is -0.000000284. The average Bonchev–Trinajstić information content (AvgIpc) is 2.08. The molecular weight excluding hydrogens is 226 g/mol. The molecule has 0 fully saturated rings. The van der Waals surface area contributed by atoms with E-state index < -0.39 is 10.1 Å². The Labute approximate surface area is 127 Å². The largest absolute Gasteiger partial charge is 1.00 e. The van der Waals surface area contributed by atoms with E-state index in [1.165, 1.54) is 12.1 Å². The predicted octanol–water partition coefficient (Wildman–Crippen LogP) is -4.48. The number of hydrogen-bond acceptors (Lipinski definition) is 2. The standard InChI is InChI=1S/C6H6O3S.N2.2Na/c7-10(8,9)6-4-2-1-3-5-6;1-2;;/h1-5H,(H,7,8,9);;;/q;-2;2*+1. The van der Waals surface area contributed by atoms with Crippen LogP contribution in [0, 0.1) is 0 Å². The van der Waals surface area contributed by atoms with Gasteiger partial charge in [0, 0.05) is 0 Å². The average molecular weight is 232 g/mol. The van der Waals surface area contributed by atoms with Crippen molar-refractivity contribution in [2.45, 2.75) is 4.90 Å². The van der Waals surface area contributed by atoms with E-state index in [0.717, 1.165) is 0 Å². The minimum atomic E-state index is -4.00. The molecule has 14 heavy (non-hydrogen) atoms. The summed E-state index contributed by atoms with van der Waals surface area (Å²) < 4.78 is 29.2. The number of rotatable bonds is 1. The topological polar surface area (TPSA) is 99.0 Å². The van der Waals surface area contributed by atoms with Crippen LogP contribution in [0.2, 0.25) is 0 Å².